The third-order valence-corrected chi connectivity index (χ3v) is 7.47. The van der Waals surface area contributed by atoms with E-state index in [1.165, 1.54) is 6.33 Å². The summed E-state index contributed by atoms with van der Waals surface area (Å²) in [6.45, 7) is 0.278. The van der Waals surface area contributed by atoms with Gasteiger partial charge in [-0.1, -0.05) is 60.7 Å². The number of aliphatic imine (C=N–C) groups is 1. The predicted molar refractivity (Wildman–Crippen MR) is 174 cm³/mol. The molecule has 6 rings (SSSR count). The van der Waals surface area contributed by atoms with E-state index in [9.17, 15) is 0 Å². The van der Waals surface area contributed by atoms with Crippen molar-refractivity contribution in [2.45, 2.75) is 17.9 Å². The maximum atomic E-state index is 7.01. The number of fused-ring (bicyclic) bond motifs is 1. The van der Waals surface area contributed by atoms with Crippen LogP contribution in [0.1, 0.15) is 22.9 Å². The first-order valence-electron chi connectivity index (χ1n) is 14.2. The molecular weight excluding hydrogens is 684 g/mol. The van der Waals surface area contributed by atoms with E-state index in [4.69, 9.17) is 18.9 Å². The Hall–Kier alpha value is -4.27. The molecule has 5 aromatic rings. The first-order chi connectivity index (χ1) is 21.5. The number of ether oxygens (including phenoxy) is 4. The van der Waals surface area contributed by atoms with Gasteiger partial charge in [0, 0.05) is 37.8 Å². The summed E-state index contributed by atoms with van der Waals surface area (Å²) in [5.41, 5.74) is 3.19. The minimum absolute atomic E-state index is 0. The number of imidazole rings is 1. The predicted octanol–water partition coefficient (Wildman–Crippen LogP) is 5.15. The molecule has 1 aliphatic rings. The van der Waals surface area contributed by atoms with E-state index >= 15 is 0 Å². The van der Waals surface area contributed by atoms with Crippen LogP contribution < -0.4 is 9.47 Å². The fraction of sp³-hybridized carbons (Fsp3) is 0.235. The number of rotatable bonds is 11. The monoisotopic (exact) mass is 720 g/mol. The van der Waals surface area contributed by atoms with Crippen LogP contribution in [-0.4, -0.2) is 95.4 Å². The third-order valence-electron chi connectivity index (χ3n) is 7.47. The summed E-state index contributed by atoms with van der Waals surface area (Å²) in [5, 5.41) is 0. The van der Waals surface area contributed by atoms with Gasteiger partial charge in [-0.3, -0.25) is 4.57 Å². The maximum Gasteiger partial charge on any atom is 0.184 e. The number of benzene rings is 3. The number of hydrogen-bond acceptors (Lipinski definition) is 8. The summed E-state index contributed by atoms with van der Waals surface area (Å²) in [6.07, 6.45) is 8.14. The Labute approximate surface area is 279 Å². The Morgan fingerprint density at radius 1 is 0.844 bits per heavy atom. The van der Waals surface area contributed by atoms with Crippen molar-refractivity contribution in [3.05, 3.63) is 120 Å². The van der Waals surface area contributed by atoms with Crippen LogP contribution in [0.3, 0.4) is 0 Å². The van der Waals surface area contributed by atoms with Crippen LogP contribution in [-0.2, 0) is 15.1 Å². The molecule has 3 heterocycles. The molecule has 2 aromatic heterocycles. The van der Waals surface area contributed by atoms with Crippen LogP contribution in [0, 0.1) is 0 Å². The zero-order valence-corrected chi connectivity index (χ0v) is 27.8. The van der Waals surface area contributed by atoms with Gasteiger partial charge in [0.2, 0.25) is 0 Å². The van der Waals surface area contributed by atoms with E-state index in [1.54, 1.807) is 26.9 Å². The second-order valence-corrected chi connectivity index (χ2v) is 10.5. The molecule has 230 valence electrons. The van der Waals surface area contributed by atoms with Gasteiger partial charge in [0.15, 0.2) is 23.2 Å². The molecule has 2 atom stereocenters. The SMILES string of the molecule is COc1ccc(C(OC[C@@H]2C=C[C@H](n3cnc4c(N=CN(C)C)ncnc43)O2)(c2ccccc2)c2ccc(OC)cc2)cc1.[Te]. The smallest absolute Gasteiger partial charge is 0.184 e. The van der Waals surface area contributed by atoms with Gasteiger partial charge < -0.3 is 23.8 Å². The normalized spacial score (nSPS) is 16.2. The molecule has 3 aromatic carbocycles. The van der Waals surface area contributed by atoms with Gasteiger partial charge in [0.1, 0.15) is 29.5 Å². The van der Waals surface area contributed by atoms with Crippen LogP contribution in [0.5, 0.6) is 11.5 Å². The van der Waals surface area contributed by atoms with Crippen molar-refractivity contribution in [2.75, 3.05) is 34.9 Å². The minimum atomic E-state index is -0.941. The fourth-order valence-electron chi connectivity index (χ4n) is 5.31. The molecular formula is C34H34N6O4Te. The Bertz CT molecular complexity index is 1710. The number of methoxy groups -OCH3 is 2. The second-order valence-electron chi connectivity index (χ2n) is 10.5. The van der Waals surface area contributed by atoms with Crippen molar-refractivity contribution in [1.29, 1.82) is 0 Å². The maximum absolute atomic E-state index is 7.01. The van der Waals surface area contributed by atoms with Gasteiger partial charge in [0.05, 0.1) is 33.5 Å². The zero-order valence-electron chi connectivity index (χ0n) is 25.5. The minimum Gasteiger partial charge on any atom is -0.497 e. The van der Waals surface area contributed by atoms with E-state index in [2.05, 4.69) is 32.1 Å². The van der Waals surface area contributed by atoms with E-state index in [-0.39, 0.29) is 36.4 Å². The topological polar surface area (TPSA) is 96.1 Å². The quantitative estimate of drug-likeness (QED) is 0.0610. The fourth-order valence-corrected chi connectivity index (χ4v) is 5.31. The van der Waals surface area contributed by atoms with Crippen LogP contribution in [0.4, 0.5) is 5.82 Å². The number of nitrogens with zero attached hydrogens (tertiary/aromatic N) is 6. The molecule has 0 saturated carbocycles. The second kappa shape index (κ2) is 14.2. The van der Waals surface area contributed by atoms with Crippen molar-refractivity contribution < 1.29 is 18.9 Å². The molecule has 2 radical (unpaired) electrons. The summed E-state index contributed by atoms with van der Waals surface area (Å²) in [6, 6.07) is 26.2. The Morgan fingerprint density at radius 3 is 2.07 bits per heavy atom. The van der Waals surface area contributed by atoms with Crippen molar-refractivity contribution >= 4 is 47.0 Å². The van der Waals surface area contributed by atoms with Gasteiger partial charge in [-0.25, -0.2) is 19.9 Å². The molecule has 45 heavy (non-hydrogen) atoms. The molecule has 0 aliphatic carbocycles. The van der Waals surface area contributed by atoms with Gasteiger partial charge in [-0.15, -0.1) is 0 Å². The molecule has 0 N–H and O–H groups in total. The first-order valence-corrected chi connectivity index (χ1v) is 14.2. The molecule has 0 unspecified atom stereocenters. The summed E-state index contributed by atoms with van der Waals surface area (Å²) in [5.74, 6) is 2.03. The Morgan fingerprint density at radius 2 is 1.47 bits per heavy atom. The van der Waals surface area contributed by atoms with Crippen molar-refractivity contribution in [2.24, 2.45) is 4.99 Å². The van der Waals surface area contributed by atoms with Crippen molar-refractivity contribution in [3.63, 3.8) is 0 Å². The largest absolute Gasteiger partial charge is 0.497 e. The standard InChI is InChI=1S/C34H34N6O4.Te/c1-39(2)22-38-32-31-33(36-21-35-32)40(23-37-31)30-19-18-29(44-30)20-43-34(24-8-6-5-7-9-24,25-10-14-27(41-3)15-11-25)26-12-16-28(42-4)17-13-26;/h5-19,21-23,29-30H,20H2,1-4H3;/t29-,30+;/m0./s1. The Kier molecular flexibility index (Phi) is 10.2. The van der Waals surface area contributed by atoms with E-state index in [1.807, 2.05) is 102 Å². The van der Waals surface area contributed by atoms with Crippen LogP contribution in [0.15, 0.2) is 109 Å². The summed E-state index contributed by atoms with van der Waals surface area (Å²) in [7, 11) is 7.12. The van der Waals surface area contributed by atoms with Gasteiger partial charge in [0.25, 0.3) is 0 Å². The van der Waals surface area contributed by atoms with Crippen LogP contribution in [0.25, 0.3) is 11.2 Å². The average molecular weight is 718 g/mol. The average Bonchev–Trinajstić information content (AvgIpc) is 3.72. The van der Waals surface area contributed by atoms with E-state index in [0.29, 0.717) is 17.0 Å². The van der Waals surface area contributed by atoms with Crippen LogP contribution in [0.2, 0.25) is 0 Å². The van der Waals surface area contributed by atoms with Gasteiger partial charge in [-0.05, 0) is 47.0 Å². The van der Waals surface area contributed by atoms with Gasteiger partial charge in [-0.2, -0.15) is 0 Å². The number of hydrogen-bond donors (Lipinski definition) is 0. The van der Waals surface area contributed by atoms with Crippen molar-refractivity contribution in [3.8, 4) is 11.5 Å². The summed E-state index contributed by atoms with van der Waals surface area (Å²) in [4.78, 5) is 19.6. The molecule has 0 spiro atoms. The molecule has 0 fully saturated rings. The van der Waals surface area contributed by atoms with E-state index in [0.717, 1.165) is 28.2 Å². The molecule has 1 aliphatic heterocycles. The van der Waals surface area contributed by atoms with Crippen molar-refractivity contribution in [1.82, 2.24) is 24.4 Å². The Balaban J connectivity index is 0.00000400. The molecule has 10 nitrogen and oxygen atoms in total. The van der Waals surface area contributed by atoms with E-state index < -0.39 is 11.8 Å². The van der Waals surface area contributed by atoms with Crippen LogP contribution >= 0.6 is 0 Å². The molecule has 0 amide bonds. The third kappa shape index (κ3) is 6.58. The molecule has 11 heteroatoms. The zero-order chi connectivity index (χ0) is 30.5. The summed E-state index contributed by atoms with van der Waals surface area (Å²) >= 11 is 0. The first kappa shape index (κ1) is 32.1. The summed E-state index contributed by atoms with van der Waals surface area (Å²) < 4.78 is 26.3. The van der Waals surface area contributed by atoms with Gasteiger partial charge >= 0.3 is 0 Å². The number of aromatic nitrogens is 4. The molecule has 0 saturated heterocycles. The molecule has 0 bridgehead atoms.